The lowest BCUT2D eigenvalue weighted by atomic mass is 10.0. The van der Waals surface area contributed by atoms with E-state index in [1.807, 2.05) is 48.4 Å². The van der Waals surface area contributed by atoms with Gasteiger partial charge in [0.15, 0.2) is 11.5 Å². The number of rotatable bonds is 4. The van der Waals surface area contributed by atoms with E-state index in [2.05, 4.69) is 16.4 Å². The Morgan fingerprint density at radius 3 is 2.74 bits per heavy atom. The Kier molecular flexibility index (Phi) is 5.25. The predicted molar refractivity (Wildman–Crippen MR) is 102 cm³/mol. The van der Waals surface area contributed by atoms with E-state index in [4.69, 9.17) is 9.47 Å². The number of hydrogen-bond acceptors (Lipinski definition) is 5. The predicted octanol–water partition coefficient (Wildman–Crippen LogP) is 2.31. The van der Waals surface area contributed by atoms with Crippen molar-refractivity contribution >= 4 is 5.91 Å². The van der Waals surface area contributed by atoms with Crippen molar-refractivity contribution in [2.45, 2.75) is 38.5 Å². The number of aromatic nitrogens is 1. The fourth-order valence-electron chi connectivity index (χ4n) is 3.61. The smallest absolute Gasteiger partial charge is 0.267 e. The third-order valence-corrected chi connectivity index (χ3v) is 5.29. The van der Waals surface area contributed by atoms with Gasteiger partial charge in [0, 0.05) is 37.6 Å². The second-order valence-electron chi connectivity index (χ2n) is 7.09. The summed E-state index contributed by atoms with van der Waals surface area (Å²) in [6.45, 7) is 4.60. The molecule has 1 aromatic heterocycles. The van der Waals surface area contributed by atoms with Crippen LogP contribution in [0.5, 0.6) is 11.5 Å². The van der Waals surface area contributed by atoms with E-state index in [1.165, 1.54) is 5.56 Å². The minimum Gasteiger partial charge on any atom is -0.485 e. The Hall–Kier alpha value is -2.60. The number of nitrogens with zero attached hydrogens (tertiary/aromatic N) is 2. The zero-order valence-corrected chi connectivity index (χ0v) is 15.6. The molecule has 0 radical (unpaired) electrons. The molecule has 0 aliphatic carbocycles. The highest BCUT2D eigenvalue weighted by Crippen LogP contribution is 2.31. The fraction of sp³-hybridized carbons (Fsp3) is 0.429. The van der Waals surface area contributed by atoms with Crippen molar-refractivity contribution < 1.29 is 14.3 Å². The third kappa shape index (κ3) is 4.06. The van der Waals surface area contributed by atoms with Gasteiger partial charge in [-0.2, -0.15) is 0 Å². The van der Waals surface area contributed by atoms with Gasteiger partial charge in [-0.25, -0.2) is 0 Å². The summed E-state index contributed by atoms with van der Waals surface area (Å²) >= 11 is 0. The average Bonchev–Trinajstić information content (AvgIpc) is 2.73. The monoisotopic (exact) mass is 367 g/mol. The summed E-state index contributed by atoms with van der Waals surface area (Å²) < 4.78 is 11.5. The van der Waals surface area contributed by atoms with Gasteiger partial charge in [-0.1, -0.05) is 18.2 Å². The first kappa shape index (κ1) is 17.8. The number of pyridine rings is 1. The maximum absolute atomic E-state index is 12.8. The number of hydrogen-bond donors (Lipinski definition) is 1. The van der Waals surface area contributed by atoms with E-state index >= 15 is 0 Å². The quantitative estimate of drug-likeness (QED) is 0.898. The zero-order chi connectivity index (χ0) is 18.6. The van der Waals surface area contributed by atoms with Crippen molar-refractivity contribution in [1.82, 2.24) is 15.2 Å². The normalized spacial score (nSPS) is 19.7. The maximum atomic E-state index is 12.8. The summed E-state index contributed by atoms with van der Waals surface area (Å²) in [5.41, 5.74) is 2.29. The number of carbonyl (C=O) groups excluding carboxylic acids is 1. The Balaban J connectivity index is 1.27. The van der Waals surface area contributed by atoms with Crippen LogP contribution < -0.4 is 14.8 Å². The molecule has 27 heavy (non-hydrogen) atoms. The van der Waals surface area contributed by atoms with Crippen LogP contribution in [0.15, 0.2) is 42.6 Å². The van der Waals surface area contributed by atoms with Crippen molar-refractivity contribution in [2.24, 2.45) is 0 Å². The van der Waals surface area contributed by atoms with E-state index in [1.54, 1.807) is 0 Å². The number of nitrogens with one attached hydrogen (secondary N) is 1. The van der Waals surface area contributed by atoms with Crippen LogP contribution in [0.3, 0.4) is 0 Å². The van der Waals surface area contributed by atoms with E-state index in [-0.39, 0.29) is 12.5 Å². The molecule has 1 aromatic carbocycles. The van der Waals surface area contributed by atoms with E-state index < -0.39 is 6.10 Å². The van der Waals surface area contributed by atoms with E-state index in [0.717, 1.165) is 38.2 Å². The molecule has 1 amide bonds. The number of ether oxygens (including phenoxy) is 2. The molecule has 1 fully saturated rings. The lowest BCUT2D eigenvalue weighted by molar-refractivity contribution is -0.142. The van der Waals surface area contributed by atoms with Crippen molar-refractivity contribution in [2.75, 3.05) is 19.7 Å². The topological polar surface area (TPSA) is 63.7 Å². The van der Waals surface area contributed by atoms with E-state index in [0.29, 0.717) is 17.5 Å². The van der Waals surface area contributed by atoms with Crippen molar-refractivity contribution in [3.8, 4) is 11.5 Å². The molecular weight excluding hydrogens is 342 g/mol. The molecule has 0 spiro atoms. The van der Waals surface area contributed by atoms with E-state index in [9.17, 15) is 4.79 Å². The SMILES string of the molecule is Cc1ncccc1CNC1CCN(C(=O)[C@@H]2COc3ccccc3O2)CC1. The molecule has 1 saturated heterocycles. The Morgan fingerprint density at radius 2 is 1.96 bits per heavy atom. The van der Waals surface area contributed by atoms with Crippen molar-refractivity contribution in [1.29, 1.82) is 0 Å². The number of piperidine rings is 1. The molecule has 1 atom stereocenters. The summed E-state index contributed by atoms with van der Waals surface area (Å²) in [5.74, 6) is 1.37. The second kappa shape index (κ2) is 7.96. The first-order chi connectivity index (χ1) is 13.2. The van der Waals surface area contributed by atoms with Crippen LogP contribution in [0.25, 0.3) is 0 Å². The third-order valence-electron chi connectivity index (χ3n) is 5.29. The van der Waals surface area contributed by atoms with Gasteiger partial charge in [0.25, 0.3) is 5.91 Å². The Morgan fingerprint density at radius 1 is 1.19 bits per heavy atom. The van der Waals surface area contributed by atoms with Gasteiger partial charge < -0.3 is 19.7 Å². The number of carbonyl (C=O) groups is 1. The van der Waals surface area contributed by atoms with Gasteiger partial charge in [0.05, 0.1) is 0 Å². The van der Waals surface area contributed by atoms with Gasteiger partial charge in [-0.3, -0.25) is 9.78 Å². The van der Waals surface area contributed by atoms with Crippen LogP contribution in [0.4, 0.5) is 0 Å². The Bertz CT molecular complexity index is 803. The standard InChI is InChI=1S/C21H25N3O3/c1-15-16(5-4-10-22-15)13-23-17-8-11-24(12-9-17)21(25)20-14-26-18-6-2-3-7-19(18)27-20/h2-7,10,17,20,23H,8-9,11-14H2,1H3/t20-/m0/s1. The van der Waals surface area contributed by atoms with Gasteiger partial charge in [-0.15, -0.1) is 0 Å². The Labute approximate surface area is 159 Å². The number of para-hydroxylation sites is 2. The highest BCUT2D eigenvalue weighted by molar-refractivity contribution is 5.82. The summed E-state index contributed by atoms with van der Waals surface area (Å²) in [4.78, 5) is 19.0. The minimum atomic E-state index is -0.553. The summed E-state index contributed by atoms with van der Waals surface area (Å²) in [6, 6.07) is 12.0. The first-order valence-corrected chi connectivity index (χ1v) is 9.52. The zero-order valence-electron chi connectivity index (χ0n) is 15.6. The van der Waals surface area contributed by atoms with Gasteiger partial charge in [0.1, 0.15) is 6.61 Å². The lowest BCUT2D eigenvalue weighted by Crippen LogP contribution is -2.51. The van der Waals surface area contributed by atoms with Crippen LogP contribution in [-0.4, -0.2) is 47.6 Å². The molecule has 142 valence electrons. The van der Waals surface area contributed by atoms with Crippen molar-refractivity contribution in [3.63, 3.8) is 0 Å². The highest BCUT2D eigenvalue weighted by atomic mass is 16.6. The van der Waals surface area contributed by atoms with Crippen LogP contribution in [0.2, 0.25) is 0 Å². The molecule has 6 heteroatoms. The van der Waals surface area contributed by atoms with Crippen LogP contribution in [0, 0.1) is 6.92 Å². The highest BCUT2D eigenvalue weighted by Gasteiger charge is 2.32. The number of fused-ring (bicyclic) bond motifs is 1. The fourth-order valence-corrected chi connectivity index (χ4v) is 3.61. The number of amides is 1. The summed E-state index contributed by atoms with van der Waals surface area (Å²) in [6.07, 6.45) is 3.14. The van der Waals surface area contributed by atoms with Gasteiger partial charge >= 0.3 is 0 Å². The molecule has 2 aliphatic heterocycles. The first-order valence-electron chi connectivity index (χ1n) is 9.52. The average molecular weight is 367 g/mol. The molecule has 1 N–H and O–H groups in total. The molecule has 4 rings (SSSR count). The molecule has 0 saturated carbocycles. The van der Waals surface area contributed by atoms with Crippen molar-refractivity contribution in [3.05, 3.63) is 53.9 Å². The van der Waals surface area contributed by atoms with Gasteiger partial charge in [0.2, 0.25) is 6.10 Å². The molecular formula is C21H25N3O3. The van der Waals surface area contributed by atoms with Gasteiger partial charge in [-0.05, 0) is 43.5 Å². The maximum Gasteiger partial charge on any atom is 0.267 e. The summed E-state index contributed by atoms with van der Waals surface area (Å²) in [5, 5.41) is 3.60. The molecule has 2 aliphatic rings. The largest absolute Gasteiger partial charge is 0.485 e. The van der Waals surface area contributed by atoms with Crippen LogP contribution in [-0.2, 0) is 11.3 Å². The molecule has 2 aromatic rings. The molecule has 0 unspecified atom stereocenters. The number of benzene rings is 1. The van der Waals surface area contributed by atoms with Crippen LogP contribution in [0.1, 0.15) is 24.1 Å². The second-order valence-corrected chi connectivity index (χ2v) is 7.09. The van der Waals surface area contributed by atoms with Crippen LogP contribution >= 0.6 is 0 Å². The number of likely N-dealkylation sites (tertiary alicyclic amines) is 1. The summed E-state index contributed by atoms with van der Waals surface area (Å²) in [7, 11) is 0. The minimum absolute atomic E-state index is 0.0195. The lowest BCUT2D eigenvalue weighted by Gasteiger charge is -2.35. The molecule has 3 heterocycles. The molecule has 6 nitrogen and oxygen atoms in total. The number of aryl methyl sites for hydroxylation is 1. The molecule has 0 bridgehead atoms.